The van der Waals surface area contributed by atoms with E-state index in [2.05, 4.69) is 29.0 Å². The molecule has 1 atom stereocenters. The molecule has 1 aromatic heterocycles. The maximum atomic E-state index is 12.9. The number of morpholine rings is 1. The van der Waals surface area contributed by atoms with Gasteiger partial charge in [0.15, 0.2) is 0 Å². The molecule has 1 amide bonds. The summed E-state index contributed by atoms with van der Waals surface area (Å²) < 4.78 is 5.49. The Balaban J connectivity index is 1.79. The summed E-state index contributed by atoms with van der Waals surface area (Å²) in [5.74, 6) is 0.320. The van der Waals surface area contributed by atoms with E-state index < -0.39 is 0 Å². The molecule has 1 fully saturated rings. The fraction of sp³-hybridized carbons (Fsp3) is 0.524. The van der Waals surface area contributed by atoms with Gasteiger partial charge in [-0.2, -0.15) is 0 Å². The zero-order valence-corrected chi connectivity index (χ0v) is 16.2. The summed E-state index contributed by atoms with van der Waals surface area (Å²) in [5, 5.41) is 3.85. The third-order valence-corrected chi connectivity index (χ3v) is 5.57. The minimum Gasteiger partial charge on any atom is -0.379 e. The molecule has 6 nitrogen and oxygen atoms in total. The Morgan fingerprint density at radius 3 is 2.63 bits per heavy atom. The van der Waals surface area contributed by atoms with E-state index in [0.29, 0.717) is 23.5 Å². The van der Waals surface area contributed by atoms with Crippen LogP contribution in [-0.4, -0.2) is 54.7 Å². The Kier molecular flexibility index (Phi) is 6.63. The molecule has 2 aromatic rings. The first-order valence-electron chi connectivity index (χ1n) is 9.86. The van der Waals surface area contributed by atoms with Crippen LogP contribution in [-0.2, 0) is 4.74 Å². The predicted octanol–water partition coefficient (Wildman–Crippen LogP) is 2.39. The van der Waals surface area contributed by atoms with Crippen molar-refractivity contribution in [2.45, 2.75) is 32.7 Å². The number of hydrogen-bond acceptors (Lipinski definition) is 4. The SMILES string of the molecule is CCC(CC)[C@H](CNC(=O)c1cc(=O)[nH]c2ccccc12)N1CCOCC1. The number of aromatic amines is 1. The first kappa shape index (κ1) is 19.6. The predicted molar refractivity (Wildman–Crippen MR) is 107 cm³/mol. The number of pyridine rings is 1. The number of benzene rings is 1. The second-order valence-electron chi connectivity index (χ2n) is 7.10. The maximum absolute atomic E-state index is 12.9. The second-order valence-corrected chi connectivity index (χ2v) is 7.10. The molecule has 0 aliphatic carbocycles. The van der Waals surface area contributed by atoms with Gasteiger partial charge in [-0.25, -0.2) is 0 Å². The summed E-state index contributed by atoms with van der Waals surface area (Å²) in [5.41, 5.74) is 0.850. The Morgan fingerprint density at radius 1 is 1.22 bits per heavy atom. The van der Waals surface area contributed by atoms with E-state index in [0.717, 1.165) is 44.5 Å². The standard InChI is InChI=1S/C21H29N3O3/c1-3-15(4-2)19(24-9-11-27-12-10-24)14-22-21(26)17-13-20(25)23-18-8-6-5-7-16(17)18/h5-8,13,15,19H,3-4,9-12,14H2,1-2H3,(H,22,26)(H,23,25)/t19-/m0/s1. The molecule has 1 aliphatic heterocycles. The lowest BCUT2D eigenvalue weighted by Crippen LogP contribution is -2.52. The van der Waals surface area contributed by atoms with Gasteiger partial charge in [0, 0.05) is 42.6 Å². The van der Waals surface area contributed by atoms with E-state index in [-0.39, 0.29) is 17.5 Å². The third-order valence-electron chi connectivity index (χ3n) is 5.57. The summed E-state index contributed by atoms with van der Waals surface area (Å²) >= 11 is 0. The smallest absolute Gasteiger partial charge is 0.252 e. The number of nitrogens with zero attached hydrogens (tertiary/aromatic N) is 1. The molecule has 0 bridgehead atoms. The molecule has 1 saturated heterocycles. The van der Waals surface area contributed by atoms with Crippen LogP contribution in [0, 0.1) is 5.92 Å². The zero-order chi connectivity index (χ0) is 19.2. The van der Waals surface area contributed by atoms with Crippen LogP contribution < -0.4 is 10.9 Å². The summed E-state index contributed by atoms with van der Waals surface area (Å²) in [4.78, 5) is 30.0. The molecule has 3 rings (SSSR count). The highest BCUT2D eigenvalue weighted by atomic mass is 16.5. The lowest BCUT2D eigenvalue weighted by atomic mass is 9.92. The van der Waals surface area contributed by atoms with E-state index in [9.17, 15) is 9.59 Å². The summed E-state index contributed by atoms with van der Waals surface area (Å²) in [6.45, 7) is 8.25. The molecule has 1 aliphatic rings. The number of aromatic nitrogens is 1. The molecule has 0 unspecified atom stereocenters. The van der Waals surface area contributed by atoms with Gasteiger partial charge in [-0.3, -0.25) is 14.5 Å². The van der Waals surface area contributed by atoms with Crippen LogP contribution in [0.1, 0.15) is 37.0 Å². The van der Waals surface area contributed by atoms with Crippen molar-refractivity contribution in [2.75, 3.05) is 32.8 Å². The third kappa shape index (κ3) is 4.57. The quantitative estimate of drug-likeness (QED) is 0.784. The largest absolute Gasteiger partial charge is 0.379 e. The molecule has 2 heterocycles. The number of rotatable bonds is 7. The van der Waals surface area contributed by atoms with E-state index in [1.807, 2.05) is 24.3 Å². The Hall–Kier alpha value is -2.18. The van der Waals surface area contributed by atoms with E-state index in [4.69, 9.17) is 4.74 Å². The summed E-state index contributed by atoms with van der Waals surface area (Å²) in [7, 11) is 0. The fourth-order valence-corrected chi connectivity index (χ4v) is 4.02. The van der Waals surface area contributed by atoms with Crippen LogP contribution in [0.5, 0.6) is 0 Å². The van der Waals surface area contributed by atoms with Gasteiger partial charge in [-0.1, -0.05) is 44.9 Å². The number of ether oxygens (including phenoxy) is 1. The first-order valence-corrected chi connectivity index (χ1v) is 9.86. The Morgan fingerprint density at radius 2 is 1.93 bits per heavy atom. The van der Waals surface area contributed by atoms with Gasteiger partial charge in [0.25, 0.3) is 5.91 Å². The number of H-pyrrole nitrogens is 1. The molecule has 1 aromatic carbocycles. The van der Waals surface area contributed by atoms with Crippen molar-refractivity contribution in [3.8, 4) is 0 Å². The zero-order valence-electron chi connectivity index (χ0n) is 16.2. The van der Waals surface area contributed by atoms with Crippen LogP contribution in [0.4, 0.5) is 0 Å². The molecule has 0 saturated carbocycles. The van der Waals surface area contributed by atoms with Crippen LogP contribution in [0.15, 0.2) is 35.1 Å². The van der Waals surface area contributed by atoms with Crippen LogP contribution >= 0.6 is 0 Å². The van der Waals surface area contributed by atoms with Crippen molar-refractivity contribution in [3.63, 3.8) is 0 Å². The summed E-state index contributed by atoms with van der Waals surface area (Å²) in [6.07, 6.45) is 2.14. The average molecular weight is 371 g/mol. The van der Waals surface area contributed by atoms with Gasteiger partial charge >= 0.3 is 0 Å². The lowest BCUT2D eigenvalue weighted by Gasteiger charge is -2.38. The topological polar surface area (TPSA) is 74.4 Å². The number of amides is 1. The van der Waals surface area contributed by atoms with E-state index in [1.165, 1.54) is 6.07 Å². The Bertz CT molecular complexity index is 823. The number of hydrogen-bond donors (Lipinski definition) is 2. The first-order chi connectivity index (χ1) is 13.1. The molecule has 0 spiro atoms. The maximum Gasteiger partial charge on any atom is 0.252 e. The second kappa shape index (κ2) is 9.15. The van der Waals surface area contributed by atoms with Gasteiger partial charge in [0.1, 0.15) is 0 Å². The monoisotopic (exact) mass is 371 g/mol. The highest BCUT2D eigenvalue weighted by Gasteiger charge is 2.27. The number of carbonyl (C=O) groups is 1. The van der Waals surface area contributed by atoms with Crippen molar-refractivity contribution in [1.82, 2.24) is 15.2 Å². The normalized spacial score (nSPS) is 16.6. The number of nitrogens with one attached hydrogen (secondary N) is 2. The number of carbonyl (C=O) groups excluding carboxylic acids is 1. The molecular weight excluding hydrogens is 342 g/mol. The lowest BCUT2D eigenvalue weighted by molar-refractivity contribution is 0.00191. The van der Waals surface area contributed by atoms with Gasteiger partial charge in [-0.05, 0) is 12.0 Å². The van der Waals surface area contributed by atoms with Crippen LogP contribution in [0.3, 0.4) is 0 Å². The fourth-order valence-electron chi connectivity index (χ4n) is 4.02. The van der Waals surface area contributed by atoms with Crippen LogP contribution in [0.2, 0.25) is 0 Å². The minimum absolute atomic E-state index is 0.193. The molecular formula is C21H29N3O3. The van der Waals surface area contributed by atoms with E-state index in [1.54, 1.807) is 0 Å². The minimum atomic E-state index is -0.261. The average Bonchev–Trinajstić information content (AvgIpc) is 2.70. The van der Waals surface area contributed by atoms with Crippen molar-refractivity contribution in [3.05, 3.63) is 46.2 Å². The van der Waals surface area contributed by atoms with Gasteiger partial charge < -0.3 is 15.0 Å². The van der Waals surface area contributed by atoms with Gasteiger partial charge in [0.05, 0.1) is 18.8 Å². The van der Waals surface area contributed by atoms with Crippen molar-refractivity contribution < 1.29 is 9.53 Å². The highest BCUT2D eigenvalue weighted by molar-refractivity contribution is 6.05. The molecule has 146 valence electrons. The highest BCUT2D eigenvalue weighted by Crippen LogP contribution is 2.20. The van der Waals surface area contributed by atoms with Gasteiger partial charge in [-0.15, -0.1) is 0 Å². The Labute approximate surface area is 159 Å². The molecule has 27 heavy (non-hydrogen) atoms. The van der Waals surface area contributed by atoms with Crippen molar-refractivity contribution >= 4 is 16.8 Å². The molecule has 2 N–H and O–H groups in total. The number of fused-ring (bicyclic) bond motifs is 1. The number of para-hydroxylation sites is 1. The van der Waals surface area contributed by atoms with Crippen molar-refractivity contribution in [1.29, 1.82) is 0 Å². The van der Waals surface area contributed by atoms with E-state index >= 15 is 0 Å². The van der Waals surface area contributed by atoms with Gasteiger partial charge in [0.2, 0.25) is 5.56 Å². The van der Waals surface area contributed by atoms with Crippen LogP contribution in [0.25, 0.3) is 10.9 Å². The van der Waals surface area contributed by atoms with Crippen molar-refractivity contribution in [2.24, 2.45) is 5.92 Å². The summed E-state index contributed by atoms with van der Waals surface area (Å²) in [6, 6.07) is 9.06. The molecule has 0 radical (unpaired) electrons. The molecule has 6 heteroatoms.